The van der Waals surface area contributed by atoms with Crippen LogP contribution < -0.4 is 4.90 Å². The molecule has 0 aliphatic carbocycles. The van der Waals surface area contributed by atoms with Crippen LogP contribution in [0.25, 0.3) is 10.2 Å². The van der Waals surface area contributed by atoms with Crippen LogP contribution in [-0.4, -0.2) is 68.3 Å². The third-order valence-electron chi connectivity index (χ3n) is 7.51. The molecule has 1 unspecified atom stereocenters. The molecule has 6 nitrogen and oxygen atoms in total. The normalized spacial score (nSPS) is 19.6. The zero-order valence-electron chi connectivity index (χ0n) is 20.7. The topological polar surface area (TPSA) is 56.8 Å². The Labute approximate surface area is 219 Å². The standard InChI is InChI=1S/C26H31F3N4O2S2/c1-2-23(18-3-5-20(27)6-4-18)31-13-15-32(16-14-31)26-30-22-8-7-21(17-24(22)36-26)37(34,35)33-11-9-19(10-12-33)25(28)29/h3-8,17,19,23,25H,2,9-16H2,1H3. The molecule has 2 fully saturated rings. The lowest BCUT2D eigenvalue weighted by Crippen LogP contribution is -2.47. The molecule has 0 bridgehead atoms. The number of hydrogen-bond acceptors (Lipinski definition) is 6. The number of piperazine rings is 1. The van der Waals surface area contributed by atoms with Gasteiger partial charge in [-0.15, -0.1) is 0 Å². The summed E-state index contributed by atoms with van der Waals surface area (Å²) in [6, 6.07) is 11.9. The van der Waals surface area contributed by atoms with Crippen LogP contribution in [0.3, 0.4) is 0 Å². The molecule has 0 radical (unpaired) electrons. The molecule has 0 amide bonds. The first-order chi connectivity index (χ1) is 17.8. The summed E-state index contributed by atoms with van der Waals surface area (Å²) in [5.41, 5.74) is 1.86. The van der Waals surface area contributed by atoms with Crippen LogP contribution in [0.1, 0.15) is 37.8 Å². The van der Waals surface area contributed by atoms with Crippen molar-refractivity contribution in [1.82, 2.24) is 14.2 Å². The Balaban J connectivity index is 1.26. The van der Waals surface area contributed by atoms with E-state index in [4.69, 9.17) is 4.98 Å². The molecule has 200 valence electrons. The van der Waals surface area contributed by atoms with Gasteiger partial charge in [0.05, 0.1) is 15.1 Å². The van der Waals surface area contributed by atoms with Gasteiger partial charge in [0, 0.05) is 51.2 Å². The summed E-state index contributed by atoms with van der Waals surface area (Å²) >= 11 is 1.47. The lowest BCUT2D eigenvalue weighted by molar-refractivity contribution is 0.0491. The van der Waals surface area contributed by atoms with Gasteiger partial charge in [-0.05, 0) is 55.2 Å². The molecule has 2 aliphatic rings. The zero-order valence-corrected chi connectivity index (χ0v) is 22.3. The summed E-state index contributed by atoms with van der Waals surface area (Å²) in [7, 11) is -3.74. The highest BCUT2D eigenvalue weighted by molar-refractivity contribution is 7.89. The number of piperidine rings is 1. The maximum absolute atomic E-state index is 13.4. The molecule has 3 heterocycles. The van der Waals surface area contributed by atoms with Crippen molar-refractivity contribution < 1.29 is 21.6 Å². The van der Waals surface area contributed by atoms with Gasteiger partial charge >= 0.3 is 0 Å². The molecule has 5 rings (SSSR count). The van der Waals surface area contributed by atoms with Gasteiger partial charge in [-0.25, -0.2) is 26.6 Å². The van der Waals surface area contributed by atoms with Crippen LogP contribution in [0.2, 0.25) is 0 Å². The molecule has 2 aromatic carbocycles. The van der Waals surface area contributed by atoms with Gasteiger partial charge in [0.1, 0.15) is 5.82 Å². The zero-order chi connectivity index (χ0) is 26.2. The molecular formula is C26H31F3N4O2S2. The van der Waals surface area contributed by atoms with Gasteiger partial charge in [-0.2, -0.15) is 4.31 Å². The number of hydrogen-bond donors (Lipinski definition) is 0. The highest BCUT2D eigenvalue weighted by Crippen LogP contribution is 2.34. The van der Waals surface area contributed by atoms with E-state index in [1.807, 2.05) is 12.1 Å². The van der Waals surface area contributed by atoms with Crippen LogP contribution >= 0.6 is 11.3 Å². The van der Waals surface area contributed by atoms with Gasteiger partial charge in [0.15, 0.2) is 5.13 Å². The monoisotopic (exact) mass is 552 g/mol. The van der Waals surface area contributed by atoms with Crippen LogP contribution in [0.5, 0.6) is 0 Å². The van der Waals surface area contributed by atoms with E-state index in [9.17, 15) is 21.6 Å². The van der Waals surface area contributed by atoms with Crippen molar-refractivity contribution in [3.05, 3.63) is 53.8 Å². The second kappa shape index (κ2) is 10.9. The van der Waals surface area contributed by atoms with E-state index in [0.29, 0.717) is 0 Å². The van der Waals surface area contributed by atoms with Crippen molar-refractivity contribution in [2.75, 3.05) is 44.2 Å². The molecule has 11 heteroatoms. The molecular weight excluding hydrogens is 521 g/mol. The highest BCUT2D eigenvalue weighted by atomic mass is 32.2. The fraction of sp³-hybridized carbons (Fsp3) is 0.500. The van der Waals surface area contributed by atoms with E-state index < -0.39 is 22.4 Å². The summed E-state index contributed by atoms with van der Waals surface area (Å²) in [6.07, 6.45) is -1.12. The maximum Gasteiger partial charge on any atom is 0.243 e. The minimum absolute atomic E-state index is 0.115. The molecule has 1 aromatic heterocycles. The van der Waals surface area contributed by atoms with E-state index in [1.165, 1.54) is 27.8 Å². The Morgan fingerprint density at radius 1 is 1.00 bits per heavy atom. The van der Waals surface area contributed by atoms with Crippen molar-refractivity contribution in [2.24, 2.45) is 5.92 Å². The predicted molar refractivity (Wildman–Crippen MR) is 140 cm³/mol. The lowest BCUT2D eigenvalue weighted by Gasteiger charge is -2.39. The molecule has 0 saturated carbocycles. The minimum atomic E-state index is -3.74. The second-order valence-electron chi connectivity index (χ2n) is 9.70. The Morgan fingerprint density at radius 2 is 1.68 bits per heavy atom. The first-order valence-corrected chi connectivity index (χ1v) is 14.9. The SMILES string of the molecule is CCC(c1ccc(F)cc1)N1CCN(c2nc3ccc(S(=O)(=O)N4CCC(C(F)F)CC4)cc3s2)CC1. The average molecular weight is 553 g/mol. The van der Waals surface area contributed by atoms with E-state index in [2.05, 4.69) is 16.7 Å². The number of anilines is 1. The third kappa shape index (κ3) is 5.50. The van der Waals surface area contributed by atoms with Gasteiger partial charge in [0.25, 0.3) is 0 Å². The summed E-state index contributed by atoms with van der Waals surface area (Å²) in [4.78, 5) is 9.57. The minimum Gasteiger partial charge on any atom is -0.345 e. The fourth-order valence-electron chi connectivity index (χ4n) is 5.32. The number of alkyl halides is 2. The van der Waals surface area contributed by atoms with Crippen molar-refractivity contribution in [2.45, 2.75) is 43.5 Å². The molecule has 0 spiro atoms. The second-order valence-corrected chi connectivity index (χ2v) is 12.6. The van der Waals surface area contributed by atoms with E-state index in [0.717, 1.165) is 53.5 Å². The van der Waals surface area contributed by atoms with Gasteiger partial charge in [-0.3, -0.25) is 4.90 Å². The quantitative estimate of drug-likeness (QED) is 0.394. The van der Waals surface area contributed by atoms with Crippen LogP contribution in [0, 0.1) is 11.7 Å². The molecule has 2 saturated heterocycles. The Hall–Kier alpha value is -2.21. The smallest absolute Gasteiger partial charge is 0.243 e. The lowest BCUT2D eigenvalue weighted by atomic mass is 9.99. The van der Waals surface area contributed by atoms with Crippen molar-refractivity contribution in [1.29, 1.82) is 0 Å². The largest absolute Gasteiger partial charge is 0.345 e. The predicted octanol–water partition coefficient (Wildman–Crippen LogP) is 5.37. The van der Waals surface area contributed by atoms with Gasteiger partial charge in [0.2, 0.25) is 16.4 Å². The van der Waals surface area contributed by atoms with Crippen LogP contribution in [-0.2, 0) is 10.0 Å². The molecule has 3 aromatic rings. The summed E-state index contributed by atoms with van der Waals surface area (Å²) in [5, 5.41) is 0.858. The van der Waals surface area contributed by atoms with E-state index >= 15 is 0 Å². The van der Waals surface area contributed by atoms with Gasteiger partial charge in [-0.1, -0.05) is 30.4 Å². The van der Waals surface area contributed by atoms with Crippen molar-refractivity contribution in [3.8, 4) is 0 Å². The number of fused-ring (bicyclic) bond motifs is 1. The number of benzene rings is 2. The molecule has 0 N–H and O–H groups in total. The van der Waals surface area contributed by atoms with Crippen molar-refractivity contribution >= 4 is 36.7 Å². The number of halogens is 3. The third-order valence-corrected chi connectivity index (χ3v) is 10.5. The molecule has 37 heavy (non-hydrogen) atoms. The van der Waals surface area contributed by atoms with E-state index in [-0.39, 0.29) is 42.7 Å². The van der Waals surface area contributed by atoms with Crippen LogP contribution in [0.15, 0.2) is 47.4 Å². The molecule has 2 aliphatic heterocycles. The van der Waals surface area contributed by atoms with E-state index in [1.54, 1.807) is 18.2 Å². The number of thiazole rings is 1. The highest BCUT2D eigenvalue weighted by Gasteiger charge is 2.33. The number of sulfonamides is 1. The summed E-state index contributed by atoms with van der Waals surface area (Å²) in [5.74, 6) is -0.965. The fourth-order valence-corrected chi connectivity index (χ4v) is 7.95. The molecule has 1 atom stereocenters. The summed E-state index contributed by atoms with van der Waals surface area (Å²) in [6.45, 7) is 5.65. The average Bonchev–Trinajstić information content (AvgIpc) is 3.34. The maximum atomic E-state index is 13.4. The summed E-state index contributed by atoms with van der Waals surface area (Å²) < 4.78 is 67.8. The first kappa shape index (κ1) is 26.4. The van der Waals surface area contributed by atoms with Crippen LogP contribution in [0.4, 0.5) is 18.3 Å². The number of nitrogens with zero attached hydrogens (tertiary/aromatic N) is 4. The number of aromatic nitrogens is 1. The Kier molecular flexibility index (Phi) is 7.76. The first-order valence-electron chi connectivity index (χ1n) is 12.7. The van der Waals surface area contributed by atoms with Gasteiger partial charge < -0.3 is 4.90 Å². The number of rotatable bonds is 7. The Morgan fingerprint density at radius 3 is 2.30 bits per heavy atom. The Bertz CT molecular complexity index is 1320. The van der Waals surface area contributed by atoms with Crippen molar-refractivity contribution in [3.63, 3.8) is 0 Å².